The van der Waals surface area contributed by atoms with Crippen molar-refractivity contribution in [1.82, 2.24) is 15.5 Å². The van der Waals surface area contributed by atoms with Gasteiger partial charge in [-0.15, -0.1) is 0 Å². The highest BCUT2D eigenvalue weighted by atomic mass is 16.5. The number of carbonyl (C=O) groups excluding carboxylic acids is 1. The summed E-state index contributed by atoms with van der Waals surface area (Å²) in [4.78, 5) is 24.4. The Kier molecular flexibility index (Phi) is 6.63. The van der Waals surface area contributed by atoms with Gasteiger partial charge in [0.15, 0.2) is 6.10 Å². The van der Waals surface area contributed by atoms with E-state index in [1.807, 2.05) is 0 Å². The van der Waals surface area contributed by atoms with Crippen LogP contribution in [0.15, 0.2) is 0 Å². The highest BCUT2D eigenvalue weighted by Gasteiger charge is 2.18. The van der Waals surface area contributed by atoms with Crippen molar-refractivity contribution in [2.75, 3.05) is 46.4 Å². The largest absolute Gasteiger partial charge is 0.479 e. The fourth-order valence-electron chi connectivity index (χ4n) is 1.80. The minimum atomic E-state index is -1.07. The maximum Gasteiger partial charge on any atom is 0.334 e. The fourth-order valence-corrected chi connectivity index (χ4v) is 1.80. The normalized spacial score (nSPS) is 18.9. The summed E-state index contributed by atoms with van der Waals surface area (Å²) in [6, 6.07) is 0. The van der Waals surface area contributed by atoms with Crippen molar-refractivity contribution >= 4 is 11.9 Å². The highest BCUT2D eigenvalue weighted by Crippen LogP contribution is 1.95. The van der Waals surface area contributed by atoms with E-state index < -0.39 is 12.1 Å². The van der Waals surface area contributed by atoms with Crippen molar-refractivity contribution < 1.29 is 19.4 Å². The summed E-state index contributed by atoms with van der Waals surface area (Å²) >= 11 is 0. The second-order valence-corrected chi connectivity index (χ2v) is 4.25. The number of aliphatic carboxylic acids is 1. The molecule has 1 rings (SSSR count). The molecule has 0 aromatic carbocycles. The third-order valence-corrected chi connectivity index (χ3v) is 2.84. The van der Waals surface area contributed by atoms with E-state index in [4.69, 9.17) is 9.84 Å². The number of ether oxygens (including phenoxy) is 1. The molecule has 104 valence electrons. The molecule has 1 aliphatic rings. The number of rotatable bonds is 6. The van der Waals surface area contributed by atoms with Crippen LogP contribution >= 0.6 is 0 Å². The monoisotopic (exact) mass is 259 g/mol. The highest BCUT2D eigenvalue weighted by molar-refractivity contribution is 5.79. The van der Waals surface area contributed by atoms with Gasteiger partial charge < -0.3 is 20.5 Å². The summed E-state index contributed by atoms with van der Waals surface area (Å²) in [6.45, 7) is 3.87. The van der Waals surface area contributed by atoms with E-state index in [2.05, 4.69) is 15.5 Å². The molecule has 1 amide bonds. The van der Waals surface area contributed by atoms with Crippen molar-refractivity contribution in [1.29, 1.82) is 0 Å². The molecule has 3 N–H and O–H groups in total. The summed E-state index contributed by atoms with van der Waals surface area (Å²) in [5.74, 6) is -1.24. The van der Waals surface area contributed by atoms with Crippen LogP contribution in [0.1, 0.15) is 6.42 Å². The summed E-state index contributed by atoms with van der Waals surface area (Å²) in [7, 11) is 1.31. The van der Waals surface area contributed by atoms with Gasteiger partial charge in [-0.2, -0.15) is 0 Å². The van der Waals surface area contributed by atoms with Crippen LogP contribution in [-0.4, -0.2) is 74.4 Å². The summed E-state index contributed by atoms with van der Waals surface area (Å²) < 4.78 is 4.73. The first kappa shape index (κ1) is 14.9. The Balaban J connectivity index is 2.25. The molecule has 0 aromatic heterocycles. The van der Waals surface area contributed by atoms with Gasteiger partial charge in [-0.1, -0.05) is 0 Å². The minimum absolute atomic E-state index is 0.00322. The molecule has 7 nitrogen and oxygen atoms in total. The number of nitrogens with zero attached hydrogens (tertiary/aromatic N) is 1. The van der Waals surface area contributed by atoms with Crippen LogP contribution in [-0.2, 0) is 14.3 Å². The molecule has 1 unspecified atom stereocenters. The van der Waals surface area contributed by atoms with Crippen molar-refractivity contribution in [3.8, 4) is 0 Å². The Morgan fingerprint density at radius 2 is 2.22 bits per heavy atom. The smallest absolute Gasteiger partial charge is 0.334 e. The molecular formula is C11H21N3O4. The van der Waals surface area contributed by atoms with E-state index in [1.165, 1.54) is 7.11 Å². The quantitative estimate of drug-likeness (QED) is 0.538. The summed E-state index contributed by atoms with van der Waals surface area (Å²) in [5.41, 5.74) is 0. The van der Waals surface area contributed by atoms with Gasteiger partial charge in [-0.3, -0.25) is 9.69 Å². The van der Waals surface area contributed by atoms with Gasteiger partial charge in [0.2, 0.25) is 5.91 Å². The summed E-state index contributed by atoms with van der Waals surface area (Å²) in [5, 5.41) is 14.6. The lowest BCUT2D eigenvalue weighted by molar-refractivity contribution is -0.148. The average Bonchev–Trinajstić information content (AvgIpc) is 2.58. The number of methoxy groups -OCH3 is 1. The van der Waals surface area contributed by atoms with Gasteiger partial charge >= 0.3 is 5.97 Å². The standard InChI is InChI=1S/C11H21N3O4/c1-18-9(11(16)17)7-13-10(15)8-14-5-2-3-12-4-6-14/h9,12H,2-8H2,1H3,(H,13,15)(H,16,17). The van der Waals surface area contributed by atoms with Crippen LogP contribution in [0, 0.1) is 0 Å². The zero-order chi connectivity index (χ0) is 13.4. The Morgan fingerprint density at radius 1 is 1.44 bits per heavy atom. The first-order chi connectivity index (χ1) is 8.63. The molecule has 1 aliphatic heterocycles. The maximum absolute atomic E-state index is 11.6. The van der Waals surface area contributed by atoms with Crippen LogP contribution in [0.25, 0.3) is 0 Å². The van der Waals surface area contributed by atoms with Gasteiger partial charge in [0.05, 0.1) is 13.1 Å². The van der Waals surface area contributed by atoms with Crippen LogP contribution in [0.3, 0.4) is 0 Å². The Bertz CT molecular complexity index is 277. The van der Waals surface area contributed by atoms with E-state index in [1.54, 1.807) is 0 Å². The fraction of sp³-hybridized carbons (Fsp3) is 0.818. The van der Waals surface area contributed by atoms with Gasteiger partial charge in [0.25, 0.3) is 0 Å². The lowest BCUT2D eigenvalue weighted by Gasteiger charge is -2.19. The number of hydrogen-bond donors (Lipinski definition) is 3. The van der Waals surface area contributed by atoms with E-state index in [9.17, 15) is 9.59 Å². The van der Waals surface area contributed by atoms with E-state index in [0.717, 1.165) is 32.6 Å². The van der Waals surface area contributed by atoms with Crippen molar-refractivity contribution in [2.24, 2.45) is 0 Å². The third kappa shape index (κ3) is 5.44. The first-order valence-electron chi connectivity index (χ1n) is 6.09. The van der Waals surface area contributed by atoms with Crippen molar-refractivity contribution in [3.05, 3.63) is 0 Å². The number of hydrogen-bond acceptors (Lipinski definition) is 5. The second-order valence-electron chi connectivity index (χ2n) is 4.25. The lowest BCUT2D eigenvalue weighted by atomic mass is 10.3. The van der Waals surface area contributed by atoms with Crippen LogP contribution in [0.5, 0.6) is 0 Å². The zero-order valence-corrected chi connectivity index (χ0v) is 10.6. The van der Waals surface area contributed by atoms with Gasteiger partial charge in [0, 0.05) is 20.2 Å². The van der Waals surface area contributed by atoms with E-state index >= 15 is 0 Å². The van der Waals surface area contributed by atoms with Gasteiger partial charge in [-0.05, 0) is 19.5 Å². The van der Waals surface area contributed by atoms with Crippen molar-refractivity contribution in [3.63, 3.8) is 0 Å². The summed E-state index contributed by atoms with van der Waals surface area (Å²) in [6.07, 6.45) is 0.0306. The van der Waals surface area contributed by atoms with Crippen LogP contribution in [0.2, 0.25) is 0 Å². The number of amides is 1. The molecule has 0 saturated carbocycles. The average molecular weight is 259 g/mol. The number of carbonyl (C=O) groups is 2. The molecule has 1 heterocycles. The third-order valence-electron chi connectivity index (χ3n) is 2.84. The molecule has 1 saturated heterocycles. The van der Waals surface area contributed by atoms with Gasteiger partial charge in [0.1, 0.15) is 0 Å². The van der Waals surface area contributed by atoms with Gasteiger partial charge in [-0.25, -0.2) is 4.79 Å². The number of carboxylic acids is 1. The second kappa shape index (κ2) is 8.02. The Labute approximate surface area is 106 Å². The first-order valence-corrected chi connectivity index (χ1v) is 6.09. The van der Waals surface area contributed by atoms with E-state index in [0.29, 0.717) is 6.54 Å². The van der Waals surface area contributed by atoms with E-state index in [-0.39, 0.29) is 12.5 Å². The SMILES string of the molecule is COC(CNC(=O)CN1CCCNCC1)C(=O)O. The molecular weight excluding hydrogens is 238 g/mol. The molecule has 1 fully saturated rings. The Morgan fingerprint density at radius 3 is 2.89 bits per heavy atom. The molecule has 0 aliphatic carbocycles. The number of nitrogens with one attached hydrogen (secondary N) is 2. The molecule has 1 atom stereocenters. The molecule has 0 spiro atoms. The maximum atomic E-state index is 11.6. The number of carboxylic acid groups (broad SMARTS) is 1. The minimum Gasteiger partial charge on any atom is -0.479 e. The van der Waals surface area contributed by atoms with Crippen LogP contribution < -0.4 is 10.6 Å². The topological polar surface area (TPSA) is 90.9 Å². The molecule has 0 bridgehead atoms. The zero-order valence-electron chi connectivity index (χ0n) is 10.6. The molecule has 18 heavy (non-hydrogen) atoms. The van der Waals surface area contributed by atoms with Crippen LogP contribution in [0.4, 0.5) is 0 Å². The molecule has 0 aromatic rings. The predicted molar refractivity (Wildman–Crippen MR) is 65.4 cm³/mol. The molecule has 7 heteroatoms. The lowest BCUT2D eigenvalue weighted by Crippen LogP contribution is -2.43. The molecule has 0 radical (unpaired) electrons. The Hall–Kier alpha value is -1.18. The predicted octanol–water partition coefficient (Wildman–Crippen LogP) is -1.50. The van der Waals surface area contributed by atoms with Crippen molar-refractivity contribution in [2.45, 2.75) is 12.5 Å².